The first-order chi connectivity index (χ1) is 8.06. The Morgan fingerprint density at radius 2 is 2.18 bits per heavy atom. The fraction of sp³-hybridized carbons (Fsp3) is 0.308. The van der Waals surface area contributed by atoms with Gasteiger partial charge in [-0.05, 0) is 31.0 Å². The zero-order valence-electron chi connectivity index (χ0n) is 9.77. The van der Waals surface area contributed by atoms with Gasteiger partial charge < -0.3 is 5.11 Å². The Morgan fingerprint density at radius 3 is 2.76 bits per heavy atom. The maximum absolute atomic E-state index is 13.1. The van der Waals surface area contributed by atoms with Crippen LogP contribution in [-0.2, 0) is 6.42 Å². The van der Waals surface area contributed by atoms with Gasteiger partial charge in [-0.15, -0.1) is 11.3 Å². The van der Waals surface area contributed by atoms with Gasteiger partial charge in [-0.1, -0.05) is 12.1 Å². The summed E-state index contributed by atoms with van der Waals surface area (Å²) in [5.74, 6) is -0.245. The maximum atomic E-state index is 13.1. The lowest BCUT2D eigenvalue weighted by molar-refractivity contribution is 0.177. The van der Waals surface area contributed by atoms with Crippen LogP contribution in [0.25, 0.3) is 0 Å². The largest absolute Gasteiger partial charge is 0.388 e. The molecule has 0 aliphatic carbocycles. The summed E-state index contributed by atoms with van der Waals surface area (Å²) in [5.41, 5.74) is 2.16. The first-order valence-corrected chi connectivity index (χ1v) is 6.29. The van der Waals surface area contributed by atoms with Gasteiger partial charge in [0, 0.05) is 11.8 Å². The number of hydrogen-bond donors (Lipinski definition) is 1. The summed E-state index contributed by atoms with van der Waals surface area (Å²) in [6.45, 7) is 3.63. The molecule has 1 N–H and O–H groups in total. The van der Waals surface area contributed by atoms with Crippen molar-refractivity contribution in [2.24, 2.45) is 0 Å². The Kier molecular flexibility index (Phi) is 3.54. The number of thiazole rings is 1. The molecule has 1 unspecified atom stereocenters. The SMILES string of the molecule is Cc1nc(CC(O)c2ccc(F)c(C)c2)cs1. The van der Waals surface area contributed by atoms with Crippen molar-refractivity contribution >= 4 is 11.3 Å². The average molecular weight is 251 g/mol. The van der Waals surface area contributed by atoms with Crippen LogP contribution >= 0.6 is 11.3 Å². The van der Waals surface area contributed by atoms with Crippen LogP contribution in [0.2, 0.25) is 0 Å². The summed E-state index contributed by atoms with van der Waals surface area (Å²) in [7, 11) is 0. The number of halogens is 1. The fourth-order valence-corrected chi connectivity index (χ4v) is 2.32. The number of aryl methyl sites for hydroxylation is 2. The van der Waals surface area contributed by atoms with E-state index >= 15 is 0 Å². The molecule has 1 heterocycles. The van der Waals surface area contributed by atoms with Gasteiger partial charge in [0.05, 0.1) is 16.8 Å². The molecule has 0 saturated heterocycles. The third-order valence-electron chi connectivity index (χ3n) is 2.64. The normalized spacial score (nSPS) is 12.7. The molecule has 0 radical (unpaired) electrons. The minimum Gasteiger partial charge on any atom is -0.388 e. The number of benzene rings is 1. The molecule has 0 saturated carbocycles. The van der Waals surface area contributed by atoms with E-state index in [1.165, 1.54) is 6.07 Å². The Hall–Kier alpha value is -1.26. The molecule has 1 atom stereocenters. The number of aromatic nitrogens is 1. The van der Waals surface area contributed by atoms with E-state index in [1.54, 1.807) is 30.4 Å². The monoisotopic (exact) mass is 251 g/mol. The van der Waals surface area contributed by atoms with Crippen LogP contribution in [0.15, 0.2) is 23.6 Å². The molecule has 17 heavy (non-hydrogen) atoms. The summed E-state index contributed by atoms with van der Waals surface area (Å²) < 4.78 is 13.1. The standard InChI is InChI=1S/C13H14FNOS/c1-8-5-10(3-4-12(8)14)13(16)6-11-7-17-9(2)15-11/h3-5,7,13,16H,6H2,1-2H3. The third kappa shape index (κ3) is 2.90. The average Bonchev–Trinajstić information content (AvgIpc) is 2.68. The predicted molar refractivity (Wildman–Crippen MR) is 66.7 cm³/mol. The van der Waals surface area contributed by atoms with E-state index in [4.69, 9.17) is 0 Å². The van der Waals surface area contributed by atoms with E-state index in [0.717, 1.165) is 16.3 Å². The molecular weight excluding hydrogens is 237 g/mol. The lowest BCUT2D eigenvalue weighted by Crippen LogP contribution is -2.03. The predicted octanol–water partition coefficient (Wildman–Crippen LogP) is 3.18. The molecule has 2 rings (SSSR count). The van der Waals surface area contributed by atoms with Gasteiger partial charge in [-0.25, -0.2) is 9.37 Å². The first-order valence-electron chi connectivity index (χ1n) is 5.41. The van der Waals surface area contributed by atoms with Crippen LogP contribution in [-0.4, -0.2) is 10.1 Å². The second-order valence-corrected chi connectivity index (χ2v) is 5.15. The smallest absolute Gasteiger partial charge is 0.126 e. The second-order valence-electron chi connectivity index (χ2n) is 4.09. The number of aliphatic hydroxyl groups is 1. The van der Waals surface area contributed by atoms with Crippen LogP contribution in [0.4, 0.5) is 4.39 Å². The summed E-state index contributed by atoms with van der Waals surface area (Å²) >= 11 is 1.56. The van der Waals surface area contributed by atoms with Gasteiger partial charge in [-0.2, -0.15) is 0 Å². The number of hydrogen-bond acceptors (Lipinski definition) is 3. The third-order valence-corrected chi connectivity index (χ3v) is 3.46. The van der Waals surface area contributed by atoms with E-state index in [-0.39, 0.29) is 5.82 Å². The molecule has 0 aliphatic rings. The van der Waals surface area contributed by atoms with Crippen LogP contribution in [0, 0.1) is 19.7 Å². The van der Waals surface area contributed by atoms with Crippen molar-refractivity contribution in [2.75, 3.05) is 0 Å². The maximum Gasteiger partial charge on any atom is 0.126 e. The van der Waals surface area contributed by atoms with Crippen molar-refractivity contribution < 1.29 is 9.50 Å². The minimum atomic E-state index is -0.629. The quantitative estimate of drug-likeness (QED) is 0.909. The zero-order chi connectivity index (χ0) is 12.4. The molecule has 0 bridgehead atoms. The fourth-order valence-electron chi connectivity index (χ4n) is 1.69. The van der Waals surface area contributed by atoms with Crippen molar-refractivity contribution in [1.29, 1.82) is 0 Å². The van der Waals surface area contributed by atoms with Crippen molar-refractivity contribution in [3.05, 3.63) is 51.2 Å². The molecule has 0 amide bonds. The van der Waals surface area contributed by atoms with Gasteiger partial charge in [-0.3, -0.25) is 0 Å². The van der Waals surface area contributed by atoms with Crippen molar-refractivity contribution in [3.8, 4) is 0 Å². The molecule has 1 aromatic heterocycles. The number of nitrogens with zero attached hydrogens (tertiary/aromatic N) is 1. The van der Waals surface area contributed by atoms with Crippen molar-refractivity contribution in [3.63, 3.8) is 0 Å². The van der Waals surface area contributed by atoms with Crippen molar-refractivity contribution in [1.82, 2.24) is 4.98 Å². The first kappa shape index (κ1) is 12.2. The van der Waals surface area contributed by atoms with Crippen LogP contribution in [0.5, 0.6) is 0 Å². The zero-order valence-corrected chi connectivity index (χ0v) is 10.6. The molecule has 2 aromatic rings. The highest BCUT2D eigenvalue weighted by Gasteiger charge is 2.11. The van der Waals surface area contributed by atoms with E-state index in [0.29, 0.717) is 12.0 Å². The lowest BCUT2D eigenvalue weighted by atomic mass is 10.0. The molecule has 1 aromatic carbocycles. The highest BCUT2D eigenvalue weighted by atomic mass is 32.1. The number of aliphatic hydroxyl groups excluding tert-OH is 1. The van der Waals surface area contributed by atoms with E-state index < -0.39 is 6.10 Å². The summed E-state index contributed by atoms with van der Waals surface area (Å²) in [5, 5.41) is 13.0. The summed E-state index contributed by atoms with van der Waals surface area (Å²) in [6.07, 6.45) is -0.161. The Morgan fingerprint density at radius 1 is 1.41 bits per heavy atom. The molecule has 0 spiro atoms. The molecule has 90 valence electrons. The van der Waals surface area contributed by atoms with Crippen LogP contribution < -0.4 is 0 Å². The number of rotatable bonds is 3. The Balaban J connectivity index is 2.14. The Bertz CT molecular complexity index is 524. The lowest BCUT2D eigenvalue weighted by Gasteiger charge is -2.10. The van der Waals surface area contributed by atoms with Gasteiger partial charge in [0.25, 0.3) is 0 Å². The molecule has 0 aliphatic heterocycles. The van der Waals surface area contributed by atoms with Gasteiger partial charge in [0.1, 0.15) is 5.82 Å². The molecular formula is C13H14FNOS. The highest BCUT2D eigenvalue weighted by molar-refractivity contribution is 7.09. The topological polar surface area (TPSA) is 33.1 Å². The van der Waals surface area contributed by atoms with E-state index in [2.05, 4.69) is 4.98 Å². The highest BCUT2D eigenvalue weighted by Crippen LogP contribution is 2.21. The Labute approximate surface area is 104 Å². The molecule has 4 heteroatoms. The minimum absolute atomic E-state index is 0.245. The summed E-state index contributed by atoms with van der Waals surface area (Å²) in [4.78, 5) is 4.30. The molecule has 0 fully saturated rings. The van der Waals surface area contributed by atoms with Crippen LogP contribution in [0.1, 0.15) is 27.9 Å². The summed E-state index contributed by atoms with van der Waals surface area (Å²) in [6, 6.07) is 4.69. The molecule has 2 nitrogen and oxygen atoms in total. The van der Waals surface area contributed by atoms with E-state index in [1.807, 2.05) is 12.3 Å². The van der Waals surface area contributed by atoms with Crippen LogP contribution in [0.3, 0.4) is 0 Å². The van der Waals surface area contributed by atoms with Gasteiger partial charge in [0.15, 0.2) is 0 Å². The van der Waals surface area contributed by atoms with E-state index in [9.17, 15) is 9.50 Å². The second kappa shape index (κ2) is 4.94. The van der Waals surface area contributed by atoms with Gasteiger partial charge in [0.2, 0.25) is 0 Å². The van der Waals surface area contributed by atoms with Gasteiger partial charge >= 0.3 is 0 Å². The van der Waals surface area contributed by atoms with Crippen molar-refractivity contribution in [2.45, 2.75) is 26.4 Å².